The first-order valence-corrected chi connectivity index (χ1v) is 8.28. The second-order valence-corrected chi connectivity index (χ2v) is 8.45. The van der Waals surface area contributed by atoms with Crippen molar-refractivity contribution in [1.82, 2.24) is 9.21 Å². The van der Waals surface area contributed by atoms with E-state index in [4.69, 9.17) is 0 Å². The van der Waals surface area contributed by atoms with Crippen LogP contribution in [0.15, 0.2) is 9.93 Å². The highest BCUT2D eigenvalue weighted by molar-refractivity contribution is 8.21. The van der Waals surface area contributed by atoms with Crippen LogP contribution in [0.1, 0.15) is 39.5 Å². The van der Waals surface area contributed by atoms with Gasteiger partial charge >= 0.3 is 0 Å². The van der Waals surface area contributed by atoms with Crippen LogP contribution in [-0.4, -0.2) is 34.7 Å². The largest absolute Gasteiger partial charge is 0.365 e. The predicted molar refractivity (Wildman–Crippen MR) is 77.6 cm³/mol. The molecular formula is C13H22N2S2. The molecule has 4 heteroatoms. The van der Waals surface area contributed by atoms with Crippen LogP contribution in [0.2, 0.25) is 0 Å². The third-order valence-electron chi connectivity index (χ3n) is 4.68. The van der Waals surface area contributed by atoms with E-state index in [9.17, 15) is 0 Å². The summed E-state index contributed by atoms with van der Waals surface area (Å²) in [5, 5.41) is 0.609. The van der Waals surface area contributed by atoms with E-state index in [-0.39, 0.29) is 0 Å². The topological polar surface area (TPSA) is 6.48 Å². The molecule has 3 aliphatic rings. The van der Waals surface area contributed by atoms with Gasteiger partial charge in [-0.05, 0) is 50.5 Å². The maximum Gasteiger partial charge on any atom is 0.0769 e. The molecular weight excluding hydrogens is 248 g/mol. The zero-order chi connectivity index (χ0) is 12.0. The molecule has 1 saturated heterocycles. The van der Waals surface area contributed by atoms with Gasteiger partial charge in [-0.3, -0.25) is 0 Å². The van der Waals surface area contributed by atoms with Gasteiger partial charge in [-0.25, -0.2) is 4.31 Å². The summed E-state index contributed by atoms with van der Waals surface area (Å²) in [5.74, 6) is 0. The molecule has 1 atom stereocenters. The van der Waals surface area contributed by atoms with Gasteiger partial charge in [-0.1, -0.05) is 18.2 Å². The van der Waals surface area contributed by atoms with Crippen molar-refractivity contribution in [2.45, 2.75) is 44.9 Å². The van der Waals surface area contributed by atoms with E-state index in [1.165, 1.54) is 48.7 Å². The lowest BCUT2D eigenvalue weighted by atomic mass is 9.68. The minimum Gasteiger partial charge on any atom is -0.365 e. The minimum absolute atomic E-state index is 0.609. The molecule has 0 radical (unpaired) electrons. The Bertz CT molecular complexity index is 349. The van der Waals surface area contributed by atoms with E-state index < -0.39 is 0 Å². The van der Waals surface area contributed by atoms with Gasteiger partial charge in [0, 0.05) is 25.8 Å². The lowest BCUT2D eigenvalue weighted by Gasteiger charge is -2.38. The van der Waals surface area contributed by atoms with Gasteiger partial charge in [0.05, 0.1) is 9.61 Å². The van der Waals surface area contributed by atoms with Crippen LogP contribution in [0.5, 0.6) is 0 Å². The average molecular weight is 270 g/mol. The second-order valence-electron chi connectivity index (χ2n) is 5.76. The Morgan fingerprint density at radius 3 is 2.59 bits per heavy atom. The van der Waals surface area contributed by atoms with E-state index in [1.807, 2.05) is 23.7 Å². The Morgan fingerprint density at radius 2 is 2.12 bits per heavy atom. The first-order chi connectivity index (χ1) is 8.10. The molecule has 17 heavy (non-hydrogen) atoms. The third-order valence-corrected chi connectivity index (χ3v) is 7.39. The van der Waals surface area contributed by atoms with Gasteiger partial charge in [0.1, 0.15) is 0 Å². The number of hydrogen-bond donors (Lipinski definition) is 0. The molecule has 1 spiro atoms. The molecule has 96 valence electrons. The molecule has 0 amide bonds. The highest BCUT2D eigenvalue weighted by atomic mass is 32.2. The molecule has 3 rings (SSSR count). The standard InChI is InChI=1S/C13H22N2S2/c1-10-12(16-11(2)14(10)3)17-15-8-7-13(9-15)5-4-6-13/h11H,4-9H2,1-3H3. The van der Waals surface area contributed by atoms with Crippen molar-refractivity contribution in [2.75, 3.05) is 20.1 Å². The van der Waals surface area contributed by atoms with Gasteiger partial charge in [0.15, 0.2) is 0 Å². The maximum atomic E-state index is 2.61. The van der Waals surface area contributed by atoms with Gasteiger partial charge in [0.25, 0.3) is 0 Å². The molecule has 0 aromatic carbocycles. The van der Waals surface area contributed by atoms with E-state index in [2.05, 4.69) is 30.1 Å². The van der Waals surface area contributed by atoms with Crippen LogP contribution in [0, 0.1) is 5.41 Å². The lowest BCUT2D eigenvalue weighted by Crippen LogP contribution is -2.31. The van der Waals surface area contributed by atoms with Gasteiger partial charge < -0.3 is 4.90 Å². The second kappa shape index (κ2) is 4.39. The summed E-state index contributed by atoms with van der Waals surface area (Å²) in [6, 6.07) is 0. The molecule has 0 N–H and O–H groups in total. The monoisotopic (exact) mass is 270 g/mol. The van der Waals surface area contributed by atoms with Gasteiger partial charge in [-0.2, -0.15) is 0 Å². The molecule has 1 aliphatic carbocycles. The van der Waals surface area contributed by atoms with Crippen LogP contribution in [-0.2, 0) is 0 Å². The third kappa shape index (κ3) is 2.13. The Labute approximate surface area is 113 Å². The molecule has 1 saturated carbocycles. The first kappa shape index (κ1) is 12.2. The predicted octanol–water partition coefficient (Wildman–Crippen LogP) is 3.72. The van der Waals surface area contributed by atoms with Crippen molar-refractivity contribution in [2.24, 2.45) is 5.41 Å². The van der Waals surface area contributed by atoms with E-state index >= 15 is 0 Å². The fourth-order valence-corrected chi connectivity index (χ4v) is 5.88. The van der Waals surface area contributed by atoms with Crippen LogP contribution >= 0.6 is 23.7 Å². The van der Waals surface area contributed by atoms with E-state index in [1.54, 1.807) is 0 Å². The van der Waals surface area contributed by atoms with Crippen molar-refractivity contribution in [3.63, 3.8) is 0 Å². The smallest absolute Gasteiger partial charge is 0.0769 e. The van der Waals surface area contributed by atoms with Crippen molar-refractivity contribution >= 4 is 23.7 Å². The zero-order valence-electron chi connectivity index (χ0n) is 11.0. The van der Waals surface area contributed by atoms with Crippen molar-refractivity contribution in [1.29, 1.82) is 0 Å². The normalized spacial score (nSPS) is 32.6. The number of thioether (sulfide) groups is 1. The quantitative estimate of drug-likeness (QED) is 0.705. The average Bonchev–Trinajstić information content (AvgIpc) is 2.78. The Balaban J connectivity index is 1.61. The van der Waals surface area contributed by atoms with E-state index in [0.717, 1.165) is 5.41 Å². The first-order valence-electron chi connectivity index (χ1n) is 6.63. The summed E-state index contributed by atoms with van der Waals surface area (Å²) >= 11 is 4.04. The lowest BCUT2D eigenvalue weighted by molar-refractivity contribution is 0.155. The highest BCUT2D eigenvalue weighted by Crippen LogP contribution is 2.52. The number of nitrogens with zero attached hydrogens (tertiary/aromatic N) is 2. The van der Waals surface area contributed by atoms with Crippen molar-refractivity contribution < 1.29 is 0 Å². The van der Waals surface area contributed by atoms with Gasteiger partial charge in [0.2, 0.25) is 0 Å². The van der Waals surface area contributed by atoms with Crippen molar-refractivity contribution in [3.8, 4) is 0 Å². The minimum atomic E-state index is 0.609. The molecule has 2 fully saturated rings. The Kier molecular flexibility index (Phi) is 3.16. The highest BCUT2D eigenvalue weighted by Gasteiger charge is 2.43. The molecule has 2 nitrogen and oxygen atoms in total. The number of rotatable bonds is 2. The molecule has 2 aliphatic heterocycles. The summed E-state index contributed by atoms with van der Waals surface area (Å²) < 4.78 is 4.13. The molecule has 1 unspecified atom stereocenters. The molecule has 0 aromatic heterocycles. The number of allylic oxidation sites excluding steroid dienone is 1. The zero-order valence-corrected chi connectivity index (χ0v) is 12.7. The molecule has 0 aromatic rings. The summed E-state index contributed by atoms with van der Waals surface area (Å²) in [5.41, 5.74) is 2.18. The fraction of sp³-hybridized carbons (Fsp3) is 0.846. The molecule has 2 heterocycles. The SMILES string of the molecule is CC1=C(SN2CCC3(CCC3)C2)SC(C)N1C. The van der Waals surface area contributed by atoms with Crippen LogP contribution < -0.4 is 0 Å². The van der Waals surface area contributed by atoms with E-state index in [0.29, 0.717) is 5.37 Å². The van der Waals surface area contributed by atoms with Crippen LogP contribution in [0.4, 0.5) is 0 Å². The van der Waals surface area contributed by atoms with Crippen LogP contribution in [0.3, 0.4) is 0 Å². The summed E-state index contributed by atoms with van der Waals surface area (Å²) in [6.45, 7) is 7.17. The fourth-order valence-electron chi connectivity index (χ4n) is 3.00. The summed E-state index contributed by atoms with van der Waals surface area (Å²) in [6.07, 6.45) is 5.86. The van der Waals surface area contributed by atoms with Gasteiger partial charge in [-0.15, -0.1) is 0 Å². The Morgan fingerprint density at radius 1 is 1.35 bits per heavy atom. The molecule has 0 bridgehead atoms. The van der Waals surface area contributed by atoms with Crippen LogP contribution in [0.25, 0.3) is 0 Å². The Hall–Kier alpha value is 0.200. The number of hydrogen-bond acceptors (Lipinski definition) is 4. The van der Waals surface area contributed by atoms with Crippen molar-refractivity contribution in [3.05, 3.63) is 9.93 Å². The summed E-state index contributed by atoms with van der Waals surface area (Å²) in [4.78, 5) is 2.39. The maximum absolute atomic E-state index is 2.61. The summed E-state index contributed by atoms with van der Waals surface area (Å²) in [7, 11) is 2.21.